The zero-order valence-corrected chi connectivity index (χ0v) is 11.8. The van der Waals surface area contributed by atoms with Gasteiger partial charge >= 0.3 is 0 Å². The van der Waals surface area contributed by atoms with Crippen molar-refractivity contribution in [2.24, 2.45) is 5.41 Å². The van der Waals surface area contributed by atoms with Gasteiger partial charge in [0.2, 0.25) is 0 Å². The summed E-state index contributed by atoms with van der Waals surface area (Å²) in [6.07, 6.45) is 2.11. The van der Waals surface area contributed by atoms with Crippen LogP contribution in [0.5, 0.6) is 0 Å². The Balaban J connectivity index is 2.19. The predicted molar refractivity (Wildman–Crippen MR) is 76.0 cm³/mol. The van der Waals surface area contributed by atoms with Gasteiger partial charge in [-0.25, -0.2) is 0 Å². The summed E-state index contributed by atoms with van der Waals surface area (Å²) in [6, 6.07) is 11.0. The first-order valence-corrected chi connectivity index (χ1v) is 7.23. The van der Waals surface area contributed by atoms with E-state index in [1.54, 1.807) is 0 Å². The second kappa shape index (κ2) is 6.71. The molecule has 2 heteroatoms. The van der Waals surface area contributed by atoms with Crippen molar-refractivity contribution in [2.75, 3.05) is 5.75 Å². The molecule has 0 spiro atoms. The minimum Gasteiger partial charge on any atom is -0.198 e. The van der Waals surface area contributed by atoms with Gasteiger partial charge in [-0.3, -0.25) is 0 Å². The molecule has 0 saturated heterocycles. The van der Waals surface area contributed by atoms with Gasteiger partial charge in [-0.1, -0.05) is 29.8 Å². The Kier molecular flexibility index (Phi) is 5.58. The van der Waals surface area contributed by atoms with Crippen molar-refractivity contribution in [3.63, 3.8) is 0 Å². The molecule has 1 rings (SSSR count). The smallest absolute Gasteiger partial charge is 0.0683 e. The van der Waals surface area contributed by atoms with Crippen LogP contribution in [0.3, 0.4) is 0 Å². The molecule has 0 heterocycles. The summed E-state index contributed by atoms with van der Waals surface area (Å²) in [5, 5.41) is 8.90. The average molecular weight is 247 g/mol. The van der Waals surface area contributed by atoms with Crippen molar-refractivity contribution in [3.05, 3.63) is 35.4 Å². The summed E-state index contributed by atoms with van der Waals surface area (Å²) < 4.78 is 0. The Bertz CT molecular complexity index is 390. The molecule has 0 aromatic heterocycles. The van der Waals surface area contributed by atoms with Gasteiger partial charge in [0.05, 0.1) is 11.5 Å². The third-order valence-electron chi connectivity index (χ3n) is 2.74. The van der Waals surface area contributed by atoms with Crippen LogP contribution in [-0.4, -0.2) is 5.75 Å². The lowest BCUT2D eigenvalue weighted by Gasteiger charge is -2.14. The predicted octanol–water partition coefficient (Wildman–Crippen LogP) is 4.56. The third-order valence-corrected chi connectivity index (χ3v) is 3.86. The first kappa shape index (κ1) is 14.1. The quantitative estimate of drug-likeness (QED) is 0.688. The van der Waals surface area contributed by atoms with Crippen molar-refractivity contribution >= 4 is 11.8 Å². The standard InChI is InChI=1S/C15H21NS/c1-13-6-4-7-14(10-13)11-17-9-5-8-15(2,3)12-16/h4,6-7,10H,5,8-9,11H2,1-3H3. The fourth-order valence-corrected chi connectivity index (χ4v) is 2.57. The molecule has 0 aliphatic carbocycles. The Morgan fingerprint density at radius 1 is 1.35 bits per heavy atom. The summed E-state index contributed by atoms with van der Waals surface area (Å²) >= 11 is 1.96. The number of benzene rings is 1. The fraction of sp³-hybridized carbons (Fsp3) is 0.533. The van der Waals surface area contributed by atoms with Crippen molar-refractivity contribution in [1.29, 1.82) is 5.26 Å². The van der Waals surface area contributed by atoms with Crippen LogP contribution in [0.15, 0.2) is 24.3 Å². The van der Waals surface area contributed by atoms with Crippen LogP contribution in [0.1, 0.15) is 37.8 Å². The lowest BCUT2D eigenvalue weighted by atomic mass is 9.90. The summed E-state index contributed by atoms with van der Waals surface area (Å²) in [7, 11) is 0. The van der Waals surface area contributed by atoms with E-state index in [2.05, 4.69) is 37.3 Å². The van der Waals surface area contributed by atoms with Crippen LogP contribution in [0.25, 0.3) is 0 Å². The van der Waals surface area contributed by atoms with Crippen molar-refractivity contribution in [2.45, 2.75) is 39.4 Å². The second-order valence-corrected chi connectivity index (χ2v) is 6.25. The number of nitrogens with zero attached hydrogens (tertiary/aromatic N) is 1. The monoisotopic (exact) mass is 247 g/mol. The van der Waals surface area contributed by atoms with Crippen molar-refractivity contribution in [1.82, 2.24) is 0 Å². The maximum Gasteiger partial charge on any atom is 0.0683 e. The highest BCUT2D eigenvalue weighted by atomic mass is 32.2. The number of hydrogen-bond acceptors (Lipinski definition) is 2. The molecule has 1 aromatic rings. The number of aryl methyl sites for hydroxylation is 1. The minimum atomic E-state index is -0.163. The first-order valence-electron chi connectivity index (χ1n) is 6.08. The van der Waals surface area contributed by atoms with Gasteiger partial charge in [0.25, 0.3) is 0 Å². The Morgan fingerprint density at radius 2 is 2.12 bits per heavy atom. The van der Waals surface area contributed by atoms with E-state index in [-0.39, 0.29) is 5.41 Å². The largest absolute Gasteiger partial charge is 0.198 e. The van der Waals surface area contributed by atoms with Gasteiger partial charge in [0.15, 0.2) is 0 Å². The molecule has 1 aromatic carbocycles. The molecule has 0 atom stereocenters. The lowest BCUT2D eigenvalue weighted by Crippen LogP contribution is -2.07. The minimum absolute atomic E-state index is 0.163. The van der Waals surface area contributed by atoms with Crippen LogP contribution < -0.4 is 0 Å². The van der Waals surface area contributed by atoms with Crippen LogP contribution >= 0.6 is 11.8 Å². The zero-order chi connectivity index (χ0) is 12.7. The topological polar surface area (TPSA) is 23.8 Å². The number of rotatable bonds is 6. The molecule has 17 heavy (non-hydrogen) atoms. The zero-order valence-electron chi connectivity index (χ0n) is 11.0. The van der Waals surface area contributed by atoms with E-state index in [4.69, 9.17) is 5.26 Å². The van der Waals surface area contributed by atoms with E-state index >= 15 is 0 Å². The lowest BCUT2D eigenvalue weighted by molar-refractivity contribution is 0.448. The van der Waals surface area contributed by atoms with Gasteiger partial charge in [-0.05, 0) is 44.9 Å². The SMILES string of the molecule is Cc1cccc(CSCCCC(C)(C)C#N)c1. The molecule has 0 bridgehead atoms. The van der Waals surface area contributed by atoms with E-state index in [0.29, 0.717) is 0 Å². The summed E-state index contributed by atoms with van der Waals surface area (Å²) in [5.41, 5.74) is 2.56. The van der Waals surface area contributed by atoms with E-state index < -0.39 is 0 Å². The Hall–Kier alpha value is -0.940. The highest BCUT2D eigenvalue weighted by Gasteiger charge is 2.15. The van der Waals surface area contributed by atoms with E-state index in [1.807, 2.05) is 25.6 Å². The normalized spacial score (nSPS) is 11.2. The Labute approximate surface area is 109 Å². The average Bonchev–Trinajstić information content (AvgIpc) is 2.29. The molecule has 1 nitrogen and oxygen atoms in total. The molecule has 0 unspecified atom stereocenters. The van der Waals surface area contributed by atoms with Gasteiger partial charge in [0.1, 0.15) is 0 Å². The van der Waals surface area contributed by atoms with Crippen LogP contribution in [0.2, 0.25) is 0 Å². The second-order valence-electron chi connectivity index (χ2n) is 5.14. The van der Waals surface area contributed by atoms with Crippen molar-refractivity contribution < 1.29 is 0 Å². The Morgan fingerprint density at radius 3 is 2.76 bits per heavy atom. The molecule has 0 aliphatic rings. The number of nitriles is 1. The van der Waals surface area contributed by atoms with Gasteiger partial charge in [-0.2, -0.15) is 17.0 Å². The molecule has 0 fully saturated rings. The maximum atomic E-state index is 8.90. The molecular formula is C15H21NS. The fourth-order valence-electron chi connectivity index (χ4n) is 1.66. The molecule has 0 radical (unpaired) electrons. The summed E-state index contributed by atoms with van der Waals surface area (Å²) in [6.45, 7) is 6.15. The molecule has 92 valence electrons. The first-order chi connectivity index (χ1) is 8.03. The van der Waals surface area contributed by atoms with Crippen LogP contribution in [-0.2, 0) is 5.75 Å². The van der Waals surface area contributed by atoms with E-state index in [0.717, 1.165) is 24.3 Å². The van der Waals surface area contributed by atoms with Crippen LogP contribution in [0.4, 0.5) is 0 Å². The van der Waals surface area contributed by atoms with Crippen LogP contribution in [0, 0.1) is 23.7 Å². The number of thioether (sulfide) groups is 1. The van der Waals surface area contributed by atoms with Gasteiger partial charge < -0.3 is 0 Å². The number of hydrogen-bond donors (Lipinski definition) is 0. The molecule has 0 amide bonds. The highest BCUT2D eigenvalue weighted by molar-refractivity contribution is 7.98. The van der Waals surface area contributed by atoms with Gasteiger partial charge in [-0.15, -0.1) is 0 Å². The maximum absolute atomic E-state index is 8.90. The van der Waals surface area contributed by atoms with E-state index in [9.17, 15) is 0 Å². The third kappa shape index (κ3) is 5.79. The highest BCUT2D eigenvalue weighted by Crippen LogP contribution is 2.23. The summed E-state index contributed by atoms with van der Waals surface area (Å²) in [4.78, 5) is 0. The molecule has 0 N–H and O–H groups in total. The molecule has 0 aliphatic heterocycles. The molecular weight excluding hydrogens is 226 g/mol. The van der Waals surface area contributed by atoms with Crippen molar-refractivity contribution in [3.8, 4) is 6.07 Å². The van der Waals surface area contributed by atoms with Gasteiger partial charge in [0, 0.05) is 5.75 Å². The summed E-state index contributed by atoms with van der Waals surface area (Å²) in [5.74, 6) is 2.22. The molecule has 0 saturated carbocycles. The van der Waals surface area contributed by atoms with E-state index in [1.165, 1.54) is 11.1 Å².